The summed E-state index contributed by atoms with van der Waals surface area (Å²) in [6.07, 6.45) is 3.12. The summed E-state index contributed by atoms with van der Waals surface area (Å²) in [5.74, 6) is 0. The molecule has 0 bridgehead atoms. The number of aliphatic hydroxyl groups excluding tert-OH is 1. The van der Waals surface area contributed by atoms with E-state index in [1.54, 1.807) is 12.3 Å². The zero-order valence-electron chi connectivity index (χ0n) is 6.44. The van der Waals surface area contributed by atoms with E-state index in [0.29, 0.717) is 11.7 Å². The van der Waals surface area contributed by atoms with Gasteiger partial charge >= 0.3 is 0 Å². The monoisotopic (exact) mass is 184 g/mol. The molecular weight excluding hydrogens is 176 g/mol. The number of aromatic nitrogens is 1. The summed E-state index contributed by atoms with van der Waals surface area (Å²) in [5.41, 5.74) is 0.976. The SMILES string of the molecule is OCC=NCc1ccc(Cl)nc1. The minimum absolute atomic E-state index is 0.0268. The van der Waals surface area contributed by atoms with Crippen molar-refractivity contribution in [3.05, 3.63) is 29.0 Å². The molecule has 0 radical (unpaired) electrons. The van der Waals surface area contributed by atoms with Crippen molar-refractivity contribution in [2.45, 2.75) is 6.54 Å². The highest BCUT2D eigenvalue weighted by Crippen LogP contribution is 2.05. The van der Waals surface area contributed by atoms with Crippen LogP contribution in [0.2, 0.25) is 5.15 Å². The molecular formula is C8H9ClN2O. The first kappa shape index (κ1) is 9.16. The Morgan fingerprint density at radius 3 is 3.00 bits per heavy atom. The third-order valence-electron chi connectivity index (χ3n) is 1.27. The molecule has 1 aromatic heterocycles. The maximum atomic E-state index is 8.40. The second-order valence-corrected chi connectivity index (χ2v) is 2.58. The standard InChI is InChI=1S/C8H9ClN2O/c9-8-2-1-7(6-11-8)5-10-3-4-12/h1-3,6,12H,4-5H2. The van der Waals surface area contributed by atoms with Crippen molar-refractivity contribution >= 4 is 17.8 Å². The van der Waals surface area contributed by atoms with Gasteiger partial charge in [0.1, 0.15) is 5.15 Å². The number of halogens is 1. The van der Waals surface area contributed by atoms with Gasteiger partial charge in [0.25, 0.3) is 0 Å². The average Bonchev–Trinajstić information content (AvgIpc) is 2.09. The Balaban J connectivity index is 2.53. The number of nitrogens with zero attached hydrogens (tertiary/aromatic N) is 2. The van der Waals surface area contributed by atoms with Crippen LogP contribution < -0.4 is 0 Å². The molecule has 0 atom stereocenters. The first-order valence-corrected chi connectivity index (χ1v) is 3.90. The largest absolute Gasteiger partial charge is 0.391 e. The van der Waals surface area contributed by atoms with E-state index in [9.17, 15) is 0 Å². The highest BCUT2D eigenvalue weighted by atomic mass is 35.5. The molecule has 1 aromatic rings. The second kappa shape index (κ2) is 4.85. The Labute approximate surface area is 75.7 Å². The third-order valence-corrected chi connectivity index (χ3v) is 1.50. The summed E-state index contributed by atoms with van der Waals surface area (Å²) >= 11 is 5.58. The molecule has 0 amide bonds. The van der Waals surface area contributed by atoms with Gasteiger partial charge in [0.15, 0.2) is 0 Å². The van der Waals surface area contributed by atoms with Crippen LogP contribution in [0.4, 0.5) is 0 Å². The van der Waals surface area contributed by atoms with Crippen molar-refractivity contribution in [1.29, 1.82) is 0 Å². The molecule has 0 aliphatic heterocycles. The first-order valence-electron chi connectivity index (χ1n) is 3.52. The van der Waals surface area contributed by atoms with Gasteiger partial charge in [-0.05, 0) is 11.6 Å². The summed E-state index contributed by atoms with van der Waals surface area (Å²) in [6, 6.07) is 3.56. The number of pyridine rings is 1. The molecule has 0 saturated carbocycles. The van der Waals surface area contributed by atoms with E-state index < -0.39 is 0 Å². The number of aliphatic hydroxyl groups is 1. The molecule has 0 fully saturated rings. The van der Waals surface area contributed by atoms with Crippen LogP contribution >= 0.6 is 11.6 Å². The molecule has 0 saturated heterocycles. The fraction of sp³-hybridized carbons (Fsp3) is 0.250. The summed E-state index contributed by atoms with van der Waals surface area (Å²) in [6.45, 7) is 0.506. The molecule has 0 aliphatic carbocycles. The number of hydrogen-bond donors (Lipinski definition) is 1. The third kappa shape index (κ3) is 2.98. The van der Waals surface area contributed by atoms with Crippen LogP contribution in [0.25, 0.3) is 0 Å². The maximum Gasteiger partial charge on any atom is 0.129 e. The van der Waals surface area contributed by atoms with Crippen LogP contribution in [-0.4, -0.2) is 22.9 Å². The van der Waals surface area contributed by atoms with Crippen LogP contribution in [0.5, 0.6) is 0 Å². The molecule has 1 heterocycles. The van der Waals surface area contributed by atoms with Crippen molar-refractivity contribution in [2.24, 2.45) is 4.99 Å². The van der Waals surface area contributed by atoms with Gasteiger partial charge in [-0.25, -0.2) is 4.98 Å². The van der Waals surface area contributed by atoms with Crippen LogP contribution in [0.1, 0.15) is 5.56 Å². The zero-order valence-corrected chi connectivity index (χ0v) is 7.20. The Morgan fingerprint density at radius 1 is 1.58 bits per heavy atom. The molecule has 12 heavy (non-hydrogen) atoms. The summed E-state index contributed by atoms with van der Waals surface area (Å²) in [4.78, 5) is 7.82. The smallest absolute Gasteiger partial charge is 0.129 e. The van der Waals surface area contributed by atoms with Crippen LogP contribution in [0, 0.1) is 0 Å². The lowest BCUT2D eigenvalue weighted by Crippen LogP contribution is -1.86. The Kier molecular flexibility index (Phi) is 3.70. The highest BCUT2D eigenvalue weighted by Gasteiger charge is 1.90. The normalized spacial score (nSPS) is 10.8. The van der Waals surface area contributed by atoms with E-state index >= 15 is 0 Å². The Hall–Kier alpha value is -0.930. The maximum absolute atomic E-state index is 8.40. The summed E-state index contributed by atoms with van der Waals surface area (Å²) < 4.78 is 0. The molecule has 1 N–H and O–H groups in total. The Morgan fingerprint density at radius 2 is 2.42 bits per heavy atom. The van der Waals surface area contributed by atoms with E-state index in [2.05, 4.69) is 9.98 Å². The van der Waals surface area contributed by atoms with Crippen LogP contribution in [0.3, 0.4) is 0 Å². The predicted octanol–water partition coefficient (Wildman–Crippen LogP) is 1.30. The molecule has 64 valence electrons. The predicted molar refractivity (Wildman–Crippen MR) is 48.5 cm³/mol. The van der Waals surface area contributed by atoms with Gasteiger partial charge in [0, 0.05) is 12.4 Å². The quantitative estimate of drug-likeness (QED) is 0.569. The molecule has 1 rings (SSSR count). The lowest BCUT2D eigenvalue weighted by molar-refractivity contribution is 0.361. The molecule has 0 aromatic carbocycles. The summed E-state index contributed by atoms with van der Waals surface area (Å²) in [7, 11) is 0. The van der Waals surface area contributed by atoms with E-state index in [0.717, 1.165) is 5.56 Å². The van der Waals surface area contributed by atoms with E-state index in [1.165, 1.54) is 6.21 Å². The van der Waals surface area contributed by atoms with Crippen molar-refractivity contribution in [2.75, 3.05) is 6.61 Å². The van der Waals surface area contributed by atoms with E-state index in [-0.39, 0.29) is 6.61 Å². The van der Waals surface area contributed by atoms with Crippen LogP contribution in [-0.2, 0) is 6.54 Å². The fourth-order valence-electron chi connectivity index (χ4n) is 0.728. The summed E-state index contributed by atoms with van der Waals surface area (Å²) in [5, 5.41) is 8.88. The van der Waals surface area contributed by atoms with Crippen molar-refractivity contribution < 1.29 is 5.11 Å². The second-order valence-electron chi connectivity index (χ2n) is 2.20. The van der Waals surface area contributed by atoms with Crippen molar-refractivity contribution in [1.82, 2.24) is 4.98 Å². The molecule has 0 spiro atoms. The topological polar surface area (TPSA) is 45.5 Å². The van der Waals surface area contributed by atoms with Gasteiger partial charge in [-0.3, -0.25) is 4.99 Å². The molecule has 4 heteroatoms. The average molecular weight is 185 g/mol. The van der Waals surface area contributed by atoms with Gasteiger partial charge in [-0.1, -0.05) is 17.7 Å². The first-order chi connectivity index (χ1) is 5.83. The van der Waals surface area contributed by atoms with Gasteiger partial charge in [0.2, 0.25) is 0 Å². The zero-order chi connectivity index (χ0) is 8.81. The minimum Gasteiger partial charge on any atom is -0.391 e. The molecule has 0 aliphatic rings. The van der Waals surface area contributed by atoms with E-state index in [4.69, 9.17) is 16.7 Å². The van der Waals surface area contributed by atoms with Gasteiger partial charge in [-0.2, -0.15) is 0 Å². The van der Waals surface area contributed by atoms with Crippen LogP contribution in [0.15, 0.2) is 23.3 Å². The number of rotatable bonds is 3. The lowest BCUT2D eigenvalue weighted by atomic mass is 10.3. The Bertz CT molecular complexity index is 258. The number of aliphatic imine (C=N–C) groups is 1. The van der Waals surface area contributed by atoms with Crippen molar-refractivity contribution in [3.8, 4) is 0 Å². The molecule has 0 unspecified atom stereocenters. The van der Waals surface area contributed by atoms with Gasteiger partial charge in [0.05, 0.1) is 13.2 Å². The van der Waals surface area contributed by atoms with E-state index in [1.807, 2.05) is 6.07 Å². The lowest BCUT2D eigenvalue weighted by Gasteiger charge is -1.94. The van der Waals surface area contributed by atoms with Crippen molar-refractivity contribution in [3.63, 3.8) is 0 Å². The number of hydrogen-bond acceptors (Lipinski definition) is 3. The van der Waals surface area contributed by atoms with Gasteiger partial charge < -0.3 is 5.11 Å². The fourth-order valence-corrected chi connectivity index (χ4v) is 0.839. The highest BCUT2D eigenvalue weighted by molar-refractivity contribution is 6.29. The van der Waals surface area contributed by atoms with Gasteiger partial charge in [-0.15, -0.1) is 0 Å². The minimum atomic E-state index is -0.0268. The molecule has 3 nitrogen and oxygen atoms in total.